The maximum absolute atomic E-state index is 11.7. The van der Waals surface area contributed by atoms with Crippen molar-refractivity contribution in [1.29, 1.82) is 0 Å². The molecule has 0 aliphatic carbocycles. The second-order valence-corrected chi connectivity index (χ2v) is 4.03. The highest BCUT2D eigenvalue weighted by Gasteiger charge is 2.18. The fraction of sp³-hybridized carbons (Fsp3) is 0.182. The normalized spacial score (nSPS) is 9.62. The van der Waals surface area contributed by atoms with Crippen molar-refractivity contribution in [3.63, 3.8) is 0 Å². The van der Waals surface area contributed by atoms with E-state index >= 15 is 0 Å². The molecule has 0 aliphatic heterocycles. The Bertz CT molecular complexity index is 604. The Hall–Kier alpha value is -2.68. The average molecular weight is 316 g/mol. The summed E-state index contributed by atoms with van der Waals surface area (Å²) in [6.45, 7) is -0.731. The molecule has 1 aromatic carbocycles. The first-order valence-electron chi connectivity index (χ1n) is 5.47. The van der Waals surface area contributed by atoms with E-state index in [1.807, 2.05) is 5.32 Å². The Morgan fingerprint density at radius 1 is 1.38 bits per heavy atom. The van der Waals surface area contributed by atoms with E-state index in [-0.39, 0.29) is 16.3 Å². The molecule has 0 bridgehead atoms. The summed E-state index contributed by atoms with van der Waals surface area (Å²) in [5.41, 5.74) is -0.597. The van der Waals surface area contributed by atoms with E-state index in [9.17, 15) is 24.5 Å². The lowest BCUT2D eigenvalue weighted by atomic mass is 10.2. The lowest BCUT2D eigenvalue weighted by molar-refractivity contribution is -0.384. The molecule has 3 amide bonds. The molecule has 0 atom stereocenters. The minimum atomic E-state index is -1.02. The molecular formula is C11H10ClN3O6. The number of nitrogens with zero attached hydrogens (tertiary/aromatic N) is 1. The van der Waals surface area contributed by atoms with E-state index in [0.717, 1.165) is 12.1 Å². The third-order valence-electron chi connectivity index (χ3n) is 2.20. The first kappa shape index (κ1) is 16.4. The van der Waals surface area contributed by atoms with Crippen molar-refractivity contribution in [3.8, 4) is 0 Å². The van der Waals surface area contributed by atoms with Crippen molar-refractivity contribution < 1.29 is 24.0 Å². The van der Waals surface area contributed by atoms with Crippen molar-refractivity contribution >= 4 is 35.2 Å². The monoisotopic (exact) mass is 315 g/mol. The van der Waals surface area contributed by atoms with Gasteiger partial charge in [0, 0.05) is 19.2 Å². The highest BCUT2D eigenvalue weighted by Crippen LogP contribution is 2.22. The van der Waals surface area contributed by atoms with Crippen molar-refractivity contribution in [2.75, 3.05) is 13.7 Å². The molecule has 0 fully saturated rings. The van der Waals surface area contributed by atoms with E-state index < -0.39 is 29.4 Å². The fourth-order valence-electron chi connectivity index (χ4n) is 1.22. The van der Waals surface area contributed by atoms with E-state index in [0.29, 0.717) is 0 Å². The van der Waals surface area contributed by atoms with Crippen LogP contribution in [0.5, 0.6) is 0 Å². The number of hydrogen-bond acceptors (Lipinski definition) is 6. The number of rotatable bonds is 4. The number of halogens is 1. The molecule has 2 N–H and O–H groups in total. The number of nitrogens with one attached hydrogen (secondary N) is 2. The quantitative estimate of drug-likeness (QED) is 0.482. The molecule has 0 radical (unpaired) electrons. The number of non-ortho nitro benzene ring substituents is 1. The molecule has 21 heavy (non-hydrogen) atoms. The van der Waals surface area contributed by atoms with Crippen molar-refractivity contribution in [3.05, 3.63) is 38.9 Å². The summed E-state index contributed by atoms with van der Waals surface area (Å²) in [6.07, 6.45) is 0. The van der Waals surface area contributed by atoms with Crippen LogP contribution in [0.2, 0.25) is 5.02 Å². The summed E-state index contributed by atoms with van der Waals surface area (Å²) >= 11 is 5.73. The number of carbonyl (C=O) groups is 3. The Balaban J connectivity index is 2.72. The van der Waals surface area contributed by atoms with Crippen molar-refractivity contribution in [1.82, 2.24) is 10.6 Å². The van der Waals surface area contributed by atoms with Crippen LogP contribution in [0.15, 0.2) is 18.2 Å². The summed E-state index contributed by atoms with van der Waals surface area (Å²) in [4.78, 5) is 43.6. The highest BCUT2D eigenvalue weighted by atomic mass is 35.5. The Morgan fingerprint density at radius 3 is 2.62 bits per heavy atom. The molecular weight excluding hydrogens is 306 g/mol. The van der Waals surface area contributed by atoms with Gasteiger partial charge in [0.15, 0.2) is 6.61 Å². The van der Waals surface area contributed by atoms with Gasteiger partial charge in [0.2, 0.25) is 0 Å². The number of esters is 1. The predicted molar refractivity (Wildman–Crippen MR) is 71.0 cm³/mol. The smallest absolute Gasteiger partial charge is 0.340 e. The number of nitro benzene ring substituents is 1. The van der Waals surface area contributed by atoms with Crippen LogP contribution in [0.25, 0.3) is 0 Å². The van der Waals surface area contributed by atoms with Gasteiger partial charge in [-0.3, -0.25) is 20.2 Å². The van der Waals surface area contributed by atoms with Gasteiger partial charge in [-0.25, -0.2) is 9.59 Å². The van der Waals surface area contributed by atoms with E-state index in [1.54, 1.807) is 0 Å². The molecule has 0 saturated carbocycles. The third-order valence-corrected chi connectivity index (χ3v) is 2.52. The van der Waals surface area contributed by atoms with Gasteiger partial charge in [-0.05, 0) is 6.07 Å². The van der Waals surface area contributed by atoms with E-state index in [4.69, 9.17) is 11.6 Å². The Kier molecular flexibility index (Phi) is 5.61. The number of imide groups is 1. The number of urea groups is 1. The van der Waals surface area contributed by atoms with Crippen LogP contribution < -0.4 is 10.6 Å². The molecule has 0 saturated heterocycles. The lowest BCUT2D eigenvalue weighted by Crippen LogP contribution is -2.39. The van der Waals surface area contributed by atoms with Crippen LogP contribution in [0.1, 0.15) is 10.4 Å². The summed E-state index contributed by atoms with van der Waals surface area (Å²) < 4.78 is 4.61. The van der Waals surface area contributed by atoms with Crippen LogP contribution in [0, 0.1) is 10.1 Å². The van der Waals surface area contributed by atoms with Crippen LogP contribution >= 0.6 is 11.6 Å². The van der Waals surface area contributed by atoms with Gasteiger partial charge in [-0.2, -0.15) is 0 Å². The highest BCUT2D eigenvalue weighted by molar-refractivity contribution is 6.33. The fourth-order valence-corrected chi connectivity index (χ4v) is 1.41. The van der Waals surface area contributed by atoms with E-state index in [1.165, 1.54) is 13.1 Å². The second kappa shape index (κ2) is 7.20. The zero-order chi connectivity index (χ0) is 16.0. The summed E-state index contributed by atoms with van der Waals surface area (Å²) in [5, 5.41) is 14.6. The number of ether oxygens (including phenoxy) is 1. The lowest BCUT2D eigenvalue weighted by Gasteiger charge is -2.06. The maximum Gasteiger partial charge on any atom is 0.340 e. The van der Waals surface area contributed by atoms with E-state index in [2.05, 4.69) is 10.1 Å². The SMILES string of the molecule is CNC(=O)NC(=O)COC(=O)c1cc([N+](=O)[O-])ccc1Cl. The van der Waals surface area contributed by atoms with Gasteiger partial charge < -0.3 is 10.1 Å². The molecule has 0 heterocycles. The molecule has 1 rings (SSSR count). The minimum Gasteiger partial charge on any atom is -0.452 e. The number of amides is 3. The second-order valence-electron chi connectivity index (χ2n) is 3.62. The number of carbonyl (C=O) groups excluding carboxylic acids is 3. The maximum atomic E-state index is 11.7. The predicted octanol–water partition coefficient (Wildman–Crippen LogP) is 0.861. The minimum absolute atomic E-state index is 0.0580. The summed E-state index contributed by atoms with van der Waals surface area (Å²) in [7, 11) is 1.30. The van der Waals surface area contributed by atoms with Crippen LogP contribution in [0.3, 0.4) is 0 Å². The van der Waals surface area contributed by atoms with Crippen molar-refractivity contribution in [2.24, 2.45) is 0 Å². The zero-order valence-electron chi connectivity index (χ0n) is 10.7. The molecule has 1 aromatic rings. The molecule has 112 valence electrons. The molecule has 0 unspecified atom stereocenters. The van der Waals surface area contributed by atoms with Crippen LogP contribution in [0.4, 0.5) is 10.5 Å². The molecule has 10 heteroatoms. The zero-order valence-corrected chi connectivity index (χ0v) is 11.5. The third kappa shape index (κ3) is 4.73. The van der Waals surface area contributed by atoms with Gasteiger partial charge >= 0.3 is 12.0 Å². The first-order valence-corrected chi connectivity index (χ1v) is 5.85. The standard InChI is InChI=1S/C11H10ClN3O6/c1-13-11(18)14-9(16)5-21-10(17)7-4-6(15(19)20)2-3-8(7)12/h2-4H,5H2,1H3,(H2,13,14,16,18). The van der Waals surface area contributed by atoms with Crippen molar-refractivity contribution in [2.45, 2.75) is 0 Å². The van der Waals surface area contributed by atoms with Gasteiger partial charge in [-0.15, -0.1) is 0 Å². The number of benzene rings is 1. The molecule has 0 aliphatic rings. The molecule has 9 nitrogen and oxygen atoms in total. The Labute approximate surface area is 123 Å². The van der Waals surface area contributed by atoms with Gasteiger partial charge in [-0.1, -0.05) is 11.6 Å². The summed E-state index contributed by atoms with van der Waals surface area (Å²) in [5.74, 6) is -1.87. The largest absolute Gasteiger partial charge is 0.452 e. The number of hydrogen-bond donors (Lipinski definition) is 2. The summed E-state index contributed by atoms with van der Waals surface area (Å²) in [6, 6.07) is 2.46. The number of nitro groups is 1. The molecule has 0 spiro atoms. The van der Waals surface area contributed by atoms with Crippen LogP contribution in [-0.2, 0) is 9.53 Å². The molecule has 0 aromatic heterocycles. The Morgan fingerprint density at radius 2 is 2.05 bits per heavy atom. The topological polar surface area (TPSA) is 128 Å². The average Bonchev–Trinajstić information content (AvgIpc) is 2.44. The van der Waals surface area contributed by atoms with Crippen LogP contribution in [-0.4, -0.2) is 36.5 Å². The van der Waals surface area contributed by atoms with Gasteiger partial charge in [0.1, 0.15) is 0 Å². The van der Waals surface area contributed by atoms with Gasteiger partial charge in [0.25, 0.3) is 11.6 Å². The van der Waals surface area contributed by atoms with Gasteiger partial charge in [0.05, 0.1) is 15.5 Å². The first-order chi connectivity index (χ1) is 9.85.